The third-order valence-electron chi connectivity index (χ3n) is 4.25. The van der Waals surface area contributed by atoms with E-state index in [0.717, 1.165) is 6.42 Å². The second-order valence-electron chi connectivity index (χ2n) is 6.38. The average molecular weight is 490 g/mol. The molecule has 2 rings (SSSR count). The number of carbonyl (C=O) groups excluding carboxylic acids is 1. The Morgan fingerprint density at radius 2 is 1.97 bits per heavy atom. The lowest BCUT2D eigenvalue weighted by molar-refractivity contribution is 0.0973. The zero-order valence-electron chi connectivity index (χ0n) is 16.8. The van der Waals surface area contributed by atoms with Crippen LogP contribution < -0.4 is 10.1 Å². The fraction of sp³-hybridized carbons (Fsp3) is 0.318. The second-order valence-corrected chi connectivity index (χ2v) is 7.62. The number of hydrogen-bond acceptors (Lipinski definition) is 5. The van der Waals surface area contributed by atoms with Crippen molar-refractivity contribution in [3.05, 3.63) is 64.1 Å². The van der Waals surface area contributed by atoms with Crippen LogP contribution in [0.25, 0.3) is 0 Å². The lowest BCUT2D eigenvalue weighted by atomic mass is 10.1. The number of carbonyl (C=O) groups is 1. The van der Waals surface area contributed by atoms with E-state index in [1.807, 2.05) is 35.2 Å². The molecule has 0 aliphatic carbocycles. The highest BCUT2D eigenvalue weighted by molar-refractivity contribution is 9.10. The molecule has 2 aromatic carbocycles. The van der Waals surface area contributed by atoms with Crippen LogP contribution in [0.1, 0.15) is 22.3 Å². The van der Waals surface area contributed by atoms with Crippen molar-refractivity contribution in [2.75, 3.05) is 33.4 Å². The Morgan fingerprint density at radius 3 is 2.63 bits per heavy atom. The first-order valence-corrected chi connectivity index (χ1v) is 10.7. The van der Waals surface area contributed by atoms with Crippen molar-refractivity contribution in [2.45, 2.75) is 12.8 Å². The van der Waals surface area contributed by atoms with Crippen molar-refractivity contribution < 1.29 is 14.3 Å². The minimum absolute atomic E-state index is 0.308. The zero-order valence-corrected chi connectivity index (χ0v) is 19.2. The van der Waals surface area contributed by atoms with E-state index in [2.05, 4.69) is 27.3 Å². The Balaban J connectivity index is 1.98. The van der Waals surface area contributed by atoms with E-state index >= 15 is 0 Å². The highest BCUT2D eigenvalue weighted by Crippen LogP contribution is 2.26. The van der Waals surface area contributed by atoms with E-state index in [4.69, 9.17) is 27.0 Å². The molecule has 30 heavy (non-hydrogen) atoms. The predicted octanol–water partition coefficient (Wildman–Crippen LogP) is 3.95. The van der Waals surface area contributed by atoms with E-state index in [1.54, 1.807) is 25.3 Å². The molecule has 0 atom stereocenters. The van der Waals surface area contributed by atoms with Crippen LogP contribution in [-0.2, 0) is 11.2 Å². The number of nitrogens with zero attached hydrogens (tertiary/aromatic N) is 2. The van der Waals surface area contributed by atoms with Crippen LogP contribution in [0.15, 0.2) is 53.0 Å². The van der Waals surface area contributed by atoms with Crippen molar-refractivity contribution in [3.8, 4) is 11.8 Å². The molecule has 0 unspecified atom stereocenters. The van der Waals surface area contributed by atoms with Crippen LogP contribution in [0, 0.1) is 11.3 Å². The first kappa shape index (κ1) is 23.8. The van der Waals surface area contributed by atoms with E-state index in [1.165, 1.54) is 5.56 Å². The zero-order chi connectivity index (χ0) is 21.8. The quantitative estimate of drug-likeness (QED) is 0.402. The highest BCUT2D eigenvalue weighted by atomic mass is 79.9. The van der Waals surface area contributed by atoms with Crippen molar-refractivity contribution in [1.82, 2.24) is 10.2 Å². The van der Waals surface area contributed by atoms with Crippen LogP contribution in [0.4, 0.5) is 0 Å². The summed E-state index contributed by atoms with van der Waals surface area (Å²) >= 11 is 8.87. The van der Waals surface area contributed by atoms with Gasteiger partial charge in [0.1, 0.15) is 12.4 Å². The van der Waals surface area contributed by atoms with Crippen LogP contribution in [0.3, 0.4) is 0 Å². The summed E-state index contributed by atoms with van der Waals surface area (Å²) in [6.07, 6.45) is 1.09. The lowest BCUT2D eigenvalue weighted by Crippen LogP contribution is -2.44. The highest BCUT2D eigenvalue weighted by Gasteiger charge is 2.15. The standard InChI is InChI=1S/C22H24BrN3O3S/c1-28-14-15-29-20-9-8-18(16-19(20)23)21(27)25-22(30)26(12-5-11-24)13-10-17-6-3-2-4-7-17/h2-4,6-9,16H,5,10,12-15H2,1H3,(H,25,27,30). The van der Waals surface area contributed by atoms with E-state index in [-0.39, 0.29) is 5.91 Å². The van der Waals surface area contributed by atoms with E-state index in [9.17, 15) is 4.79 Å². The van der Waals surface area contributed by atoms with Crippen LogP contribution in [-0.4, -0.2) is 49.3 Å². The van der Waals surface area contributed by atoms with Gasteiger partial charge in [0.15, 0.2) is 5.11 Å². The molecule has 8 heteroatoms. The van der Waals surface area contributed by atoms with Crippen molar-refractivity contribution in [2.24, 2.45) is 0 Å². The number of nitrogens with one attached hydrogen (secondary N) is 1. The number of methoxy groups -OCH3 is 1. The van der Waals surface area contributed by atoms with Crippen LogP contribution >= 0.6 is 28.1 Å². The molecular weight excluding hydrogens is 466 g/mol. The third-order valence-corrected chi connectivity index (χ3v) is 5.23. The maximum absolute atomic E-state index is 12.7. The van der Waals surface area contributed by atoms with Gasteiger partial charge in [-0.05, 0) is 58.3 Å². The van der Waals surface area contributed by atoms with Gasteiger partial charge in [-0.25, -0.2) is 0 Å². The summed E-state index contributed by atoms with van der Waals surface area (Å²) < 4.78 is 11.2. The van der Waals surface area contributed by atoms with Gasteiger partial charge in [0.2, 0.25) is 0 Å². The molecule has 0 aliphatic rings. The molecule has 6 nitrogen and oxygen atoms in total. The van der Waals surface area contributed by atoms with Gasteiger partial charge in [-0.1, -0.05) is 30.3 Å². The maximum Gasteiger partial charge on any atom is 0.257 e. The largest absolute Gasteiger partial charge is 0.490 e. The summed E-state index contributed by atoms with van der Waals surface area (Å²) in [4.78, 5) is 14.5. The van der Waals surface area contributed by atoms with Gasteiger partial charge in [-0.3, -0.25) is 10.1 Å². The van der Waals surface area contributed by atoms with Crippen molar-refractivity contribution in [3.63, 3.8) is 0 Å². The Bertz CT molecular complexity index is 887. The molecule has 0 aromatic heterocycles. The second kappa shape index (κ2) is 13.0. The van der Waals surface area contributed by atoms with Gasteiger partial charge in [0, 0.05) is 25.8 Å². The smallest absolute Gasteiger partial charge is 0.257 e. The normalized spacial score (nSPS) is 10.2. The number of amides is 1. The van der Waals surface area contributed by atoms with Crippen molar-refractivity contribution >= 4 is 39.2 Å². The fourth-order valence-electron chi connectivity index (χ4n) is 2.65. The van der Waals surface area contributed by atoms with Crippen molar-refractivity contribution in [1.29, 1.82) is 5.26 Å². The molecule has 0 heterocycles. The van der Waals surface area contributed by atoms with E-state index < -0.39 is 0 Å². The first-order chi connectivity index (χ1) is 14.5. The molecule has 0 aliphatic heterocycles. The van der Waals surface area contributed by atoms with Gasteiger partial charge in [0.05, 0.1) is 23.6 Å². The van der Waals surface area contributed by atoms with Gasteiger partial charge in [-0.15, -0.1) is 0 Å². The SMILES string of the molecule is COCCOc1ccc(C(=O)NC(=S)N(CCC#N)CCc2ccccc2)cc1Br. The summed E-state index contributed by atoms with van der Waals surface area (Å²) in [6, 6.07) is 17.2. The first-order valence-electron chi connectivity index (χ1n) is 9.47. The Labute approximate surface area is 190 Å². The number of thiocarbonyl (C=S) groups is 1. The number of benzene rings is 2. The molecule has 158 valence electrons. The van der Waals surface area contributed by atoms with E-state index in [0.29, 0.717) is 53.6 Å². The van der Waals surface area contributed by atoms with Gasteiger partial charge in [0.25, 0.3) is 5.91 Å². The molecule has 0 bridgehead atoms. The number of halogens is 1. The van der Waals surface area contributed by atoms with Crippen LogP contribution in [0.2, 0.25) is 0 Å². The average Bonchev–Trinajstić information content (AvgIpc) is 2.75. The number of ether oxygens (including phenoxy) is 2. The molecule has 1 amide bonds. The molecule has 0 saturated heterocycles. The topological polar surface area (TPSA) is 74.6 Å². The molecule has 0 fully saturated rings. The van der Waals surface area contributed by atoms with Gasteiger partial charge < -0.3 is 14.4 Å². The Morgan fingerprint density at radius 1 is 1.20 bits per heavy atom. The molecule has 0 spiro atoms. The molecule has 2 aromatic rings. The van der Waals surface area contributed by atoms with Crippen LogP contribution in [0.5, 0.6) is 5.75 Å². The Kier molecular flexibility index (Phi) is 10.3. The summed E-state index contributed by atoms with van der Waals surface area (Å²) in [6.45, 7) is 1.96. The summed E-state index contributed by atoms with van der Waals surface area (Å²) in [5.41, 5.74) is 1.62. The van der Waals surface area contributed by atoms with Gasteiger partial charge >= 0.3 is 0 Å². The summed E-state index contributed by atoms with van der Waals surface area (Å²) in [5, 5.41) is 12.0. The minimum Gasteiger partial charge on any atom is -0.490 e. The number of rotatable bonds is 10. The molecule has 0 saturated carbocycles. The summed E-state index contributed by atoms with van der Waals surface area (Å²) in [5.74, 6) is 0.315. The predicted molar refractivity (Wildman–Crippen MR) is 124 cm³/mol. The maximum atomic E-state index is 12.7. The lowest BCUT2D eigenvalue weighted by Gasteiger charge is -2.24. The van der Waals surface area contributed by atoms with Gasteiger partial charge in [-0.2, -0.15) is 5.26 Å². The summed E-state index contributed by atoms with van der Waals surface area (Å²) in [7, 11) is 1.61. The number of hydrogen-bond donors (Lipinski definition) is 1. The molecule has 0 radical (unpaired) electrons. The third kappa shape index (κ3) is 7.75. The minimum atomic E-state index is -0.314. The fourth-order valence-corrected chi connectivity index (χ4v) is 3.42. The molecular formula is C22H24BrN3O3S. The number of nitriles is 1. The Hall–Kier alpha value is -2.47. The monoisotopic (exact) mass is 489 g/mol. The molecule has 1 N–H and O–H groups in total.